The lowest BCUT2D eigenvalue weighted by Crippen LogP contribution is -2.21. The van der Waals surface area contributed by atoms with E-state index in [1.807, 2.05) is 37.3 Å². The number of aromatic nitrogens is 2. The van der Waals surface area contributed by atoms with Gasteiger partial charge in [-0.15, -0.1) is 5.10 Å². The van der Waals surface area contributed by atoms with E-state index in [1.165, 1.54) is 5.56 Å². The number of nitrogens with one attached hydrogen (secondary N) is 1. The Kier molecular flexibility index (Phi) is 5.77. The van der Waals surface area contributed by atoms with Gasteiger partial charge >= 0.3 is 0 Å². The van der Waals surface area contributed by atoms with Gasteiger partial charge in [-0.1, -0.05) is 39.0 Å². The minimum absolute atomic E-state index is 0.0639. The van der Waals surface area contributed by atoms with Crippen molar-refractivity contribution in [3.05, 3.63) is 81.9 Å². The molecule has 0 spiro atoms. The highest BCUT2D eigenvalue weighted by Crippen LogP contribution is 2.43. The zero-order valence-electron chi connectivity index (χ0n) is 19.5. The zero-order valence-corrected chi connectivity index (χ0v) is 19.5. The van der Waals surface area contributed by atoms with Gasteiger partial charge in [-0.25, -0.2) is 0 Å². The normalized spacial score (nSPS) is 15.5. The summed E-state index contributed by atoms with van der Waals surface area (Å²) < 4.78 is 17.2. The first-order valence-electron chi connectivity index (χ1n) is 10.8. The van der Waals surface area contributed by atoms with E-state index in [0.717, 1.165) is 28.1 Å². The van der Waals surface area contributed by atoms with Crippen molar-refractivity contribution in [3.8, 4) is 23.4 Å². The number of rotatable bonds is 5. The first-order valence-corrected chi connectivity index (χ1v) is 10.8. The molecule has 3 aromatic rings. The van der Waals surface area contributed by atoms with Crippen LogP contribution in [0.15, 0.2) is 53.9 Å². The van der Waals surface area contributed by atoms with Gasteiger partial charge in [0.05, 0.1) is 13.0 Å². The number of fused-ring (bicyclic) bond motifs is 1. The van der Waals surface area contributed by atoms with Crippen LogP contribution in [0.2, 0.25) is 0 Å². The quantitative estimate of drug-likeness (QED) is 0.584. The van der Waals surface area contributed by atoms with Gasteiger partial charge in [-0.3, -0.25) is 5.10 Å². The summed E-state index contributed by atoms with van der Waals surface area (Å²) in [6.45, 7) is 8.75. The molecule has 1 aromatic heterocycles. The fourth-order valence-electron chi connectivity index (χ4n) is 4.04. The highest BCUT2D eigenvalue weighted by atomic mass is 16.5. The van der Waals surface area contributed by atoms with Gasteiger partial charge in [0.15, 0.2) is 0 Å². The van der Waals surface area contributed by atoms with E-state index >= 15 is 0 Å². The standard InChI is InChI=1S/C26H28N4O3/c1-15-22-23(20(13-27)24(28)33-25(22)30-29-15)16-6-11-21(31-5)17(12-16)14-32-19-9-7-18(8-10-19)26(2,3)4/h6-12,23H,14,28H2,1-5H3,(H,29,30). The lowest BCUT2D eigenvalue weighted by atomic mass is 9.83. The second kappa shape index (κ2) is 8.55. The van der Waals surface area contributed by atoms with Crippen LogP contribution in [-0.2, 0) is 12.0 Å². The number of nitrogens with zero attached hydrogens (tertiary/aromatic N) is 2. The fourth-order valence-corrected chi connectivity index (χ4v) is 4.04. The molecule has 0 amide bonds. The van der Waals surface area contributed by atoms with Crippen LogP contribution in [0.4, 0.5) is 0 Å². The number of nitrogens with two attached hydrogens (primary N) is 1. The number of aryl methyl sites for hydroxylation is 1. The molecule has 33 heavy (non-hydrogen) atoms. The average Bonchev–Trinajstić information content (AvgIpc) is 3.16. The van der Waals surface area contributed by atoms with Crippen molar-refractivity contribution < 1.29 is 14.2 Å². The Morgan fingerprint density at radius 2 is 1.91 bits per heavy atom. The Bertz CT molecular complexity index is 1240. The number of benzene rings is 2. The van der Waals surface area contributed by atoms with Crippen LogP contribution in [0.1, 0.15) is 54.6 Å². The molecule has 3 N–H and O–H groups in total. The van der Waals surface area contributed by atoms with Crippen LogP contribution in [0.25, 0.3) is 0 Å². The van der Waals surface area contributed by atoms with Gasteiger partial charge in [0.2, 0.25) is 11.8 Å². The number of hydrogen-bond acceptors (Lipinski definition) is 6. The highest BCUT2D eigenvalue weighted by molar-refractivity contribution is 5.56. The van der Waals surface area contributed by atoms with E-state index in [4.69, 9.17) is 19.9 Å². The van der Waals surface area contributed by atoms with Gasteiger partial charge in [0.1, 0.15) is 29.7 Å². The topological polar surface area (TPSA) is 106 Å². The maximum absolute atomic E-state index is 9.80. The van der Waals surface area contributed by atoms with Gasteiger partial charge in [0.25, 0.3) is 0 Å². The third kappa shape index (κ3) is 4.24. The van der Waals surface area contributed by atoms with Crippen LogP contribution >= 0.6 is 0 Å². The van der Waals surface area contributed by atoms with Crippen molar-refractivity contribution in [2.24, 2.45) is 5.73 Å². The average molecular weight is 445 g/mol. The second-order valence-corrected chi connectivity index (χ2v) is 9.13. The Labute approximate surface area is 193 Å². The van der Waals surface area contributed by atoms with Crippen molar-refractivity contribution >= 4 is 0 Å². The van der Waals surface area contributed by atoms with Crippen molar-refractivity contribution in [1.82, 2.24) is 10.2 Å². The lowest BCUT2D eigenvalue weighted by Gasteiger charge is -2.24. The Morgan fingerprint density at radius 3 is 2.55 bits per heavy atom. The van der Waals surface area contributed by atoms with Crippen LogP contribution in [0, 0.1) is 18.3 Å². The van der Waals surface area contributed by atoms with Crippen LogP contribution in [-0.4, -0.2) is 17.3 Å². The number of methoxy groups -OCH3 is 1. The molecule has 1 aliphatic heterocycles. The Balaban J connectivity index is 1.66. The molecule has 7 nitrogen and oxygen atoms in total. The van der Waals surface area contributed by atoms with Crippen LogP contribution in [0.5, 0.6) is 17.4 Å². The predicted molar refractivity (Wildman–Crippen MR) is 125 cm³/mol. The molecule has 170 valence electrons. The SMILES string of the molecule is COc1ccc(C2C(C#N)=C(N)Oc3n[nH]c(C)c32)cc1COc1ccc(C(C)(C)C)cc1. The van der Waals surface area contributed by atoms with Crippen molar-refractivity contribution in [2.45, 2.75) is 45.6 Å². The van der Waals surface area contributed by atoms with Crippen molar-refractivity contribution in [3.63, 3.8) is 0 Å². The van der Waals surface area contributed by atoms with Gasteiger partial charge < -0.3 is 19.9 Å². The van der Waals surface area contributed by atoms with E-state index in [1.54, 1.807) is 7.11 Å². The summed E-state index contributed by atoms with van der Waals surface area (Å²) in [7, 11) is 1.63. The predicted octanol–water partition coefficient (Wildman–Crippen LogP) is 4.82. The number of ether oxygens (including phenoxy) is 3. The number of H-pyrrole nitrogens is 1. The molecule has 7 heteroatoms. The molecule has 2 heterocycles. The smallest absolute Gasteiger partial charge is 0.244 e. The first-order chi connectivity index (χ1) is 15.7. The summed E-state index contributed by atoms with van der Waals surface area (Å²) in [4.78, 5) is 0. The van der Waals surface area contributed by atoms with Crippen molar-refractivity contribution in [2.75, 3.05) is 7.11 Å². The monoisotopic (exact) mass is 444 g/mol. The number of hydrogen-bond donors (Lipinski definition) is 2. The highest BCUT2D eigenvalue weighted by Gasteiger charge is 2.34. The van der Waals surface area contributed by atoms with Crippen molar-refractivity contribution in [1.29, 1.82) is 5.26 Å². The fraction of sp³-hybridized carbons (Fsp3) is 0.308. The number of allylic oxidation sites excluding steroid dienone is 1. The van der Waals surface area contributed by atoms with Gasteiger partial charge in [-0.2, -0.15) is 5.26 Å². The molecule has 0 fully saturated rings. The number of aromatic amines is 1. The molecule has 2 aromatic carbocycles. The van der Waals surface area contributed by atoms with Gasteiger partial charge in [0, 0.05) is 16.8 Å². The molecule has 1 unspecified atom stereocenters. The molecule has 0 aliphatic carbocycles. The minimum Gasteiger partial charge on any atom is -0.496 e. The molecular weight excluding hydrogens is 416 g/mol. The minimum atomic E-state index is -0.395. The van der Waals surface area contributed by atoms with E-state index in [9.17, 15) is 5.26 Å². The Hall–Kier alpha value is -3.92. The maximum Gasteiger partial charge on any atom is 0.244 e. The summed E-state index contributed by atoms with van der Waals surface area (Å²) in [5.74, 6) is 1.54. The van der Waals surface area contributed by atoms with E-state index in [2.05, 4.69) is 49.2 Å². The maximum atomic E-state index is 9.80. The second-order valence-electron chi connectivity index (χ2n) is 9.13. The molecule has 0 saturated heterocycles. The molecule has 0 bridgehead atoms. The van der Waals surface area contributed by atoms with E-state index in [-0.39, 0.29) is 11.3 Å². The third-order valence-corrected chi connectivity index (χ3v) is 5.88. The summed E-state index contributed by atoms with van der Waals surface area (Å²) in [5.41, 5.74) is 11.1. The van der Waals surface area contributed by atoms with Crippen LogP contribution in [0.3, 0.4) is 0 Å². The summed E-state index contributed by atoms with van der Waals surface area (Å²) >= 11 is 0. The number of nitriles is 1. The summed E-state index contributed by atoms with van der Waals surface area (Å²) in [6, 6.07) is 16.1. The Morgan fingerprint density at radius 1 is 1.18 bits per heavy atom. The molecule has 0 radical (unpaired) electrons. The van der Waals surface area contributed by atoms with Crippen LogP contribution < -0.4 is 19.9 Å². The molecular formula is C26H28N4O3. The summed E-state index contributed by atoms with van der Waals surface area (Å²) in [6.07, 6.45) is 0. The molecule has 1 atom stereocenters. The molecule has 1 aliphatic rings. The van der Waals surface area contributed by atoms with E-state index < -0.39 is 5.92 Å². The molecule has 4 rings (SSSR count). The zero-order chi connectivity index (χ0) is 23.8. The summed E-state index contributed by atoms with van der Waals surface area (Å²) in [5, 5.41) is 16.9. The van der Waals surface area contributed by atoms with E-state index in [0.29, 0.717) is 23.8 Å². The lowest BCUT2D eigenvalue weighted by molar-refractivity contribution is 0.296. The van der Waals surface area contributed by atoms with Gasteiger partial charge in [-0.05, 0) is 47.7 Å². The molecule has 0 saturated carbocycles. The first kappa shape index (κ1) is 22.3. The largest absolute Gasteiger partial charge is 0.496 e. The third-order valence-electron chi connectivity index (χ3n) is 5.88.